The molecule has 0 radical (unpaired) electrons. The smallest absolute Gasteiger partial charge is 0.227 e. The van der Waals surface area contributed by atoms with Gasteiger partial charge in [-0.2, -0.15) is 10.4 Å². The van der Waals surface area contributed by atoms with Gasteiger partial charge >= 0.3 is 0 Å². The highest BCUT2D eigenvalue weighted by Gasteiger charge is 2.14. The van der Waals surface area contributed by atoms with E-state index in [1.807, 2.05) is 52.0 Å². The van der Waals surface area contributed by atoms with Gasteiger partial charge in [0.15, 0.2) is 5.82 Å². The van der Waals surface area contributed by atoms with Gasteiger partial charge in [-0.1, -0.05) is 39.8 Å². The van der Waals surface area contributed by atoms with E-state index in [2.05, 4.69) is 26.9 Å². The number of hydrogen-bond donors (Lipinski definition) is 2. The molecular formula is C21H27N5O. The van der Waals surface area contributed by atoms with Crippen molar-refractivity contribution in [2.24, 2.45) is 5.92 Å². The maximum absolute atomic E-state index is 12.1. The van der Waals surface area contributed by atoms with Gasteiger partial charge in [-0.25, -0.2) is 0 Å². The molecule has 0 bridgehead atoms. The fourth-order valence-corrected chi connectivity index (χ4v) is 2.81. The fraction of sp³-hybridized carbons (Fsp3) is 0.429. The third-order valence-electron chi connectivity index (χ3n) is 4.67. The maximum atomic E-state index is 12.1. The van der Waals surface area contributed by atoms with Crippen molar-refractivity contribution in [1.29, 1.82) is 5.26 Å². The number of nitrogens with one attached hydrogen (secondary N) is 2. The Bertz CT molecular complexity index is 841. The number of aryl methyl sites for hydroxylation is 1. The Kier molecular flexibility index (Phi) is 7.30. The third kappa shape index (κ3) is 5.04. The summed E-state index contributed by atoms with van der Waals surface area (Å²) < 4.78 is 0. The molecule has 0 spiro atoms. The van der Waals surface area contributed by atoms with E-state index >= 15 is 0 Å². The highest BCUT2D eigenvalue weighted by Crippen LogP contribution is 2.21. The highest BCUT2D eigenvalue weighted by molar-refractivity contribution is 5.92. The van der Waals surface area contributed by atoms with Crippen LogP contribution in [0, 0.1) is 17.2 Å². The average Bonchev–Trinajstić information content (AvgIpc) is 2.70. The SMILES string of the molecule is CCc1nnc(NCc2cccc(NC(=O)C(C)CC)c2)c(C#N)c1CC. The molecule has 2 rings (SSSR count). The number of nitriles is 1. The maximum Gasteiger partial charge on any atom is 0.227 e. The summed E-state index contributed by atoms with van der Waals surface area (Å²) in [6.07, 6.45) is 2.30. The molecule has 6 nitrogen and oxygen atoms in total. The molecule has 6 heteroatoms. The monoisotopic (exact) mass is 365 g/mol. The Hall–Kier alpha value is -2.94. The van der Waals surface area contributed by atoms with Crippen LogP contribution in [-0.2, 0) is 24.2 Å². The van der Waals surface area contributed by atoms with Crippen LogP contribution in [0.15, 0.2) is 24.3 Å². The lowest BCUT2D eigenvalue weighted by atomic mass is 10.0. The lowest BCUT2D eigenvalue weighted by molar-refractivity contribution is -0.119. The van der Waals surface area contributed by atoms with Gasteiger partial charge in [0.25, 0.3) is 0 Å². The molecule has 1 aromatic heterocycles. The second-order valence-electron chi connectivity index (χ2n) is 6.52. The number of aromatic nitrogens is 2. The van der Waals surface area contributed by atoms with Crippen LogP contribution in [0.4, 0.5) is 11.5 Å². The number of carbonyl (C=O) groups is 1. The summed E-state index contributed by atoms with van der Waals surface area (Å²) in [5, 5.41) is 24.2. The summed E-state index contributed by atoms with van der Waals surface area (Å²) >= 11 is 0. The van der Waals surface area contributed by atoms with Crippen molar-refractivity contribution in [2.45, 2.75) is 53.5 Å². The topological polar surface area (TPSA) is 90.7 Å². The molecule has 1 atom stereocenters. The molecule has 1 unspecified atom stereocenters. The zero-order valence-electron chi connectivity index (χ0n) is 16.5. The van der Waals surface area contributed by atoms with E-state index < -0.39 is 0 Å². The van der Waals surface area contributed by atoms with Crippen LogP contribution in [0.1, 0.15) is 56.5 Å². The molecule has 2 aromatic rings. The molecule has 0 saturated heterocycles. The normalized spacial score (nSPS) is 11.5. The molecule has 1 aromatic carbocycles. The Morgan fingerprint density at radius 1 is 1.22 bits per heavy atom. The number of benzene rings is 1. The van der Waals surface area contributed by atoms with Crippen molar-refractivity contribution in [2.75, 3.05) is 10.6 Å². The number of carbonyl (C=O) groups excluding carboxylic acids is 1. The van der Waals surface area contributed by atoms with Gasteiger partial charge in [-0.3, -0.25) is 4.79 Å². The summed E-state index contributed by atoms with van der Waals surface area (Å²) in [4.78, 5) is 12.1. The predicted molar refractivity (Wildman–Crippen MR) is 107 cm³/mol. The van der Waals surface area contributed by atoms with Gasteiger partial charge < -0.3 is 10.6 Å². The number of amides is 1. The summed E-state index contributed by atoms with van der Waals surface area (Å²) in [6.45, 7) is 8.42. The van der Waals surface area contributed by atoms with Gasteiger partial charge in [-0.15, -0.1) is 5.10 Å². The van der Waals surface area contributed by atoms with Crippen molar-refractivity contribution in [3.05, 3.63) is 46.6 Å². The minimum atomic E-state index is -0.0233. The number of hydrogen-bond acceptors (Lipinski definition) is 5. The minimum absolute atomic E-state index is 0.0167. The fourth-order valence-electron chi connectivity index (χ4n) is 2.81. The van der Waals surface area contributed by atoms with Crippen molar-refractivity contribution in [1.82, 2.24) is 10.2 Å². The van der Waals surface area contributed by atoms with Gasteiger partial charge in [0.2, 0.25) is 5.91 Å². The largest absolute Gasteiger partial charge is 0.363 e. The van der Waals surface area contributed by atoms with Crippen LogP contribution < -0.4 is 10.6 Å². The minimum Gasteiger partial charge on any atom is -0.363 e. The van der Waals surface area contributed by atoms with E-state index in [1.165, 1.54) is 0 Å². The van der Waals surface area contributed by atoms with E-state index in [0.29, 0.717) is 17.9 Å². The standard InChI is InChI=1S/C21H27N5O/c1-5-14(4)21(27)24-16-10-8-9-15(11-16)13-23-20-18(12-22)17(6-2)19(7-3)25-26-20/h8-11,14H,5-7,13H2,1-4H3,(H,23,26)(H,24,27). The van der Waals surface area contributed by atoms with Crippen LogP contribution in [0.3, 0.4) is 0 Å². The summed E-state index contributed by atoms with van der Waals surface area (Å²) in [5.41, 5.74) is 4.13. The van der Waals surface area contributed by atoms with E-state index in [1.54, 1.807) is 0 Å². The molecule has 2 N–H and O–H groups in total. The molecule has 27 heavy (non-hydrogen) atoms. The summed E-state index contributed by atoms with van der Waals surface area (Å²) in [7, 11) is 0. The van der Waals surface area contributed by atoms with Crippen LogP contribution in [0.2, 0.25) is 0 Å². The molecule has 142 valence electrons. The number of anilines is 2. The Balaban J connectivity index is 2.15. The molecule has 1 heterocycles. The summed E-state index contributed by atoms with van der Waals surface area (Å²) in [5.74, 6) is 0.494. The van der Waals surface area contributed by atoms with Gasteiger partial charge in [0.1, 0.15) is 11.6 Å². The van der Waals surface area contributed by atoms with Crippen LogP contribution in [-0.4, -0.2) is 16.1 Å². The number of rotatable bonds is 8. The first-order valence-corrected chi connectivity index (χ1v) is 9.46. The van der Waals surface area contributed by atoms with Crippen LogP contribution in [0.5, 0.6) is 0 Å². The molecule has 0 saturated carbocycles. The molecule has 0 aliphatic heterocycles. The van der Waals surface area contributed by atoms with Gasteiger partial charge in [-0.05, 0) is 42.5 Å². The first kappa shape index (κ1) is 20.4. The van der Waals surface area contributed by atoms with E-state index in [0.717, 1.165) is 41.8 Å². The lowest BCUT2D eigenvalue weighted by Gasteiger charge is -2.13. The Morgan fingerprint density at radius 2 is 2.00 bits per heavy atom. The van der Waals surface area contributed by atoms with Crippen molar-refractivity contribution in [3.63, 3.8) is 0 Å². The predicted octanol–water partition coefficient (Wildman–Crippen LogP) is 4.07. The summed E-state index contributed by atoms with van der Waals surface area (Å²) in [6, 6.07) is 9.92. The second kappa shape index (κ2) is 9.67. The quantitative estimate of drug-likeness (QED) is 0.736. The van der Waals surface area contributed by atoms with Crippen LogP contribution >= 0.6 is 0 Å². The number of nitrogens with zero attached hydrogens (tertiary/aromatic N) is 3. The molecular weight excluding hydrogens is 338 g/mol. The molecule has 1 amide bonds. The van der Waals surface area contributed by atoms with E-state index in [4.69, 9.17) is 0 Å². The Labute approximate surface area is 161 Å². The molecule has 0 aliphatic carbocycles. The zero-order chi connectivity index (χ0) is 19.8. The van der Waals surface area contributed by atoms with Gasteiger partial charge in [0.05, 0.1) is 5.69 Å². The highest BCUT2D eigenvalue weighted by atomic mass is 16.1. The zero-order valence-corrected chi connectivity index (χ0v) is 16.5. The van der Waals surface area contributed by atoms with E-state index in [9.17, 15) is 10.1 Å². The first-order chi connectivity index (χ1) is 13.0. The molecule has 0 aliphatic rings. The van der Waals surface area contributed by atoms with Crippen molar-refractivity contribution >= 4 is 17.4 Å². The molecule has 0 fully saturated rings. The second-order valence-corrected chi connectivity index (χ2v) is 6.52. The third-order valence-corrected chi connectivity index (χ3v) is 4.67. The van der Waals surface area contributed by atoms with Crippen LogP contribution in [0.25, 0.3) is 0 Å². The van der Waals surface area contributed by atoms with E-state index in [-0.39, 0.29) is 11.8 Å². The first-order valence-electron chi connectivity index (χ1n) is 9.46. The van der Waals surface area contributed by atoms with Crippen molar-refractivity contribution < 1.29 is 4.79 Å². The van der Waals surface area contributed by atoms with Crippen molar-refractivity contribution in [3.8, 4) is 6.07 Å². The lowest BCUT2D eigenvalue weighted by Crippen LogP contribution is -2.19. The average molecular weight is 365 g/mol. The van der Waals surface area contributed by atoms with Gasteiger partial charge in [0, 0.05) is 18.2 Å². The Morgan fingerprint density at radius 3 is 2.63 bits per heavy atom.